The first-order valence-electron chi connectivity index (χ1n) is 9.33. The summed E-state index contributed by atoms with van der Waals surface area (Å²) in [6.45, 7) is 4.59. The van der Waals surface area contributed by atoms with Gasteiger partial charge in [0.2, 0.25) is 11.8 Å². The Balaban J connectivity index is 1.55. The highest BCUT2D eigenvalue weighted by atomic mass is 16.2. The molecule has 0 spiro atoms. The Morgan fingerprint density at radius 2 is 2.26 bits per heavy atom. The van der Waals surface area contributed by atoms with E-state index in [0.717, 1.165) is 17.9 Å². The van der Waals surface area contributed by atoms with Gasteiger partial charge in [-0.25, -0.2) is 4.98 Å². The average Bonchev–Trinajstić information content (AvgIpc) is 3.03. The Morgan fingerprint density at radius 1 is 1.41 bits per heavy atom. The number of aryl methyl sites for hydroxylation is 2. The van der Waals surface area contributed by atoms with Crippen LogP contribution in [0.5, 0.6) is 0 Å². The Labute approximate surface area is 159 Å². The third-order valence-corrected chi connectivity index (χ3v) is 4.88. The summed E-state index contributed by atoms with van der Waals surface area (Å²) in [6, 6.07) is 7.82. The molecule has 2 heterocycles. The summed E-state index contributed by atoms with van der Waals surface area (Å²) in [5, 5.41) is 5.79. The fourth-order valence-corrected chi connectivity index (χ4v) is 3.42. The fraction of sp³-hybridized carbons (Fsp3) is 0.450. The predicted octanol–water partition coefficient (Wildman–Crippen LogP) is 0.778. The second-order valence-electron chi connectivity index (χ2n) is 7.02. The van der Waals surface area contributed by atoms with Crippen molar-refractivity contribution in [3.63, 3.8) is 0 Å². The Hall–Kier alpha value is -2.67. The summed E-state index contributed by atoms with van der Waals surface area (Å²) in [5.41, 5.74) is 2.35. The van der Waals surface area contributed by atoms with E-state index in [9.17, 15) is 9.59 Å². The minimum Gasteiger partial charge on any atom is -0.356 e. The van der Waals surface area contributed by atoms with Gasteiger partial charge in [-0.2, -0.15) is 0 Å². The summed E-state index contributed by atoms with van der Waals surface area (Å²) in [5.74, 6) is 0.737. The lowest BCUT2D eigenvalue weighted by atomic mass is 10.1. The molecule has 3 rings (SSSR count). The minimum atomic E-state index is -0.438. The van der Waals surface area contributed by atoms with E-state index >= 15 is 0 Å². The Bertz CT molecular complexity index is 801. The number of amides is 2. The molecule has 0 unspecified atom stereocenters. The fourth-order valence-electron chi connectivity index (χ4n) is 3.42. The van der Waals surface area contributed by atoms with Gasteiger partial charge >= 0.3 is 0 Å². The van der Waals surface area contributed by atoms with Crippen LogP contribution in [0, 0.1) is 6.92 Å². The highest BCUT2D eigenvalue weighted by Gasteiger charge is 2.31. The van der Waals surface area contributed by atoms with Crippen LogP contribution < -0.4 is 10.6 Å². The van der Waals surface area contributed by atoms with Crippen molar-refractivity contribution < 1.29 is 9.59 Å². The van der Waals surface area contributed by atoms with Crippen molar-refractivity contribution in [2.45, 2.75) is 32.4 Å². The summed E-state index contributed by atoms with van der Waals surface area (Å²) in [6.07, 6.45) is 4.46. The molecule has 0 radical (unpaired) electrons. The van der Waals surface area contributed by atoms with E-state index < -0.39 is 6.04 Å². The SMILES string of the molecule is Cc1cccc(CN2CCNC(=O)[C@H]2CC(=O)NCCc2nccn2C)c1. The van der Waals surface area contributed by atoms with Gasteiger partial charge in [0.25, 0.3) is 0 Å². The number of nitrogens with one attached hydrogen (secondary N) is 2. The molecule has 2 aromatic rings. The van der Waals surface area contributed by atoms with Crippen molar-refractivity contribution in [1.82, 2.24) is 25.1 Å². The minimum absolute atomic E-state index is 0.0758. The highest BCUT2D eigenvalue weighted by Crippen LogP contribution is 2.15. The maximum atomic E-state index is 12.4. The monoisotopic (exact) mass is 369 g/mol. The molecule has 1 saturated heterocycles. The van der Waals surface area contributed by atoms with Crippen molar-refractivity contribution in [1.29, 1.82) is 0 Å². The second kappa shape index (κ2) is 8.81. The van der Waals surface area contributed by atoms with E-state index in [1.807, 2.05) is 23.9 Å². The molecule has 27 heavy (non-hydrogen) atoms. The standard InChI is InChI=1S/C20H27N5O2/c1-15-4-3-5-16(12-15)14-25-11-9-23-20(27)17(25)13-19(26)22-7-6-18-21-8-10-24(18)2/h3-5,8,10,12,17H,6-7,9,11,13-14H2,1-2H3,(H,22,26)(H,23,27)/t17-/m1/s1. The summed E-state index contributed by atoms with van der Waals surface area (Å²) < 4.78 is 1.93. The number of rotatable bonds is 7. The number of carbonyl (C=O) groups is 2. The zero-order valence-electron chi connectivity index (χ0n) is 15.9. The maximum absolute atomic E-state index is 12.4. The number of piperazine rings is 1. The summed E-state index contributed by atoms with van der Waals surface area (Å²) in [7, 11) is 1.93. The molecule has 1 aliphatic heterocycles. The van der Waals surface area contributed by atoms with Crippen LogP contribution in [0.1, 0.15) is 23.4 Å². The molecule has 2 amide bonds. The molecule has 7 heteroatoms. The maximum Gasteiger partial charge on any atom is 0.237 e. The normalized spacial score (nSPS) is 17.6. The molecule has 1 fully saturated rings. The molecule has 1 atom stereocenters. The molecule has 0 saturated carbocycles. The quantitative estimate of drug-likeness (QED) is 0.756. The zero-order valence-corrected chi connectivity index (χ0v) is 15.9. The van der Waals surface area contributed by atoms with Crippen LogP contribution in [0.25, 0.3) is 0 Å². The number of hydrogen-bond acceptors (Lipinski definition) is 4. The number of imidazole rings is 1. The molecule has 1 aromatic carbocycles. The number of nitrogens with zero attached hydrogens (tertiary/aromatic N) is 3. The second-order valence-corrected chi connectivity index (χ2v) is 7.02. The number of hydrogen-bond donors (Lipinski definition) is 2. The van der Waals surface area contributed by atoms with Gasteiger partial charge < -0.3 is 15.2 Å². The first-order chi connectivity index (χ1) is 13.0. The summed E-state index contributed by atoms with van der Waals surface area (Å²) in [4.78, 5) is 31.1. The van der Waals surface area contributed by atoms with Crippen LogP contribution in [0.15, 0.2) is 36.7 Å². The van der Waals surface area contributed by atoms with Gasteiger partial charge in [-0.1, -0.05) is 29.8 Å². The van der Waals surface area contributed by atoms with Gasteiger partial charge in [-0.15, -0.1) is 0 Å². The number of aromatic nitrogens is 2. The predicted molar refractivity (Wildman–Crippen MR) is 103 cm³/mol. The Kier molecular flexibility index (Phi) is 6.24. The van der Waals surface area contributed by atoms with Crippen LogP contribution in [0.3, 0.4) is 0 Å². The molecule has 1 aliphatic rings. The van der Waals surface area contributed by atoms with E-state index in [4.69, 9.17) is 0 Å². The first-order valence-corrected chi connectivity index (χ1v) is 9.33. The third-order valence-electron chi connectivity index (χ3n) is 4.88. The average molecular weight is 369 g/mol. The van der Waals surface area contributed by atoms with Gasteiger partial charge in [0.1, 0.15) is 5.82 Å². The van der Waals surface area contributed by atoms with Crippen LogP contribution in [0.4, 0.5) is 0 Å². The van der Waals surface area contributed by atoms with Gasteiger partial charge in [0.05, 0.1) is 12.5 Å². The molecule has 144 valence electrons. The molecule has 2 N–H and O–H groups in total. The lowest BCUT2D eigenvalue weighted by molar-refractivity contribution is -0.134. The lowest BCUT2D eigenvalue weighted by Crippen LogP contribution is -2.56. The van der Waals surface area contributed by atoms with Gasteiger partial charge in [0.15, 0.2) is 0 Å². The lowest BCUT2D eigenvalue weighted by Gasteiger charge is -2.34. The summed E-state index contributed by atoms with van der Waals surface area (Å²) >= 11 is 0. The smallest absolute Gasteiger partial charge is 0.237 e. The van der Waals surface area contributed by atoms with Crippen LogP contribution in [-0.2, 0) is 29.6 Å². The van der Waals surface area contributed by atoms with Crippen molar-refractivity contribution in [3.8, 4) is 0 Å². The van der Waals surface area contributed by atoms with E-state index in [1.54, 1.807) is 6.20 Å². The largest absolute Gasteiger partial charge is 0.356 e. The van der Waals surface area contributed by atoms with E-state index in [-0.39, 0.29) is 18.2 Å². The molecule has 1 aromatic heterocycles. The van der Waals surface area contributed by atoms with E-state index in [2.05, 4.69) is 45.6 Å². The molecule has 7 nitrogen and oxygen atoms in total. The Morgan fingerprint density at radius 3 is 3.00 bits per heavy atom. The first kappa shape index (κ1) is 19.1. The van der Waals surface area contributed by atoms with Crippen molar-refractivity contribution in [2.24, 2.45) is 7.05 Å². The topological polar surface area (TPSA) is 79.3 Å². The van der Waals surface area contributed by atoms with Crippen LogP contribution in [0.2, 0.25) is 0 Å². The highest BCUT2D eigenvalue weighted by molar-refractivity contribution is 5.88. The molecule has 0 bridgehead atoms. The van der Waals surface area contributed by atoms with Crippen LogP contribution in [-0.4, -0.2) is 51.9 Å². The number of benzene rings is 1. The van der Waals surface area contributed by atoms with Crippen molar-refractivity contribution >= 4 is 11.8 Å². The third kappa shape index (κ3) is 5.17. The molecular formula is C20H27N5O2. The zero-order chi connectivity index (χ0) is 19.2. The van der Waals surface area contributed by atoms with E-state index in [1.165, 1.54) is 5.56 Å². The van der Waals surface area contributed by atoms with Crippen molar-refractivity contribution in [3.05, 3.63) is 53.6 Å². The molecule has 0 aliphatic carbocycles. The van der Waals surface area contributed by atoms with Crippen molar-refractivity contribution in [2.75, 3.05) is 19.6 Å². The van der Waals surface area contributed by atoms with Crippen LogP contribution >= 0.6 is 0 Å². The molecular weight excluding hydrogens is 342 g/mol. The van der Waals surface area contributed by atoms with Gasteiger partial charge in [0, 0.05) is 52.0 Å². The van der Waals surface area contributed by atoms with Gasteiger partial charge in [-0.05, 0) is 12.5 Å². The van der Waals surface area contributed by atoms with E-state index in [0.29, 0.717) is 26.1 Å². The number of carbonyl (C=O) groups excluding carboxylic acids is 2. The van der Waals surface area contributed by atoms with Gasteiger partial charge in [-0.3, -0.25) is 14.5 Å².